The van der Waals surface area contributed by atoms with Crippen molar-refractivity contribution >= 4 is 23.3 Å². The van der Waals surface area contributed by atoms with Crippen molar-refractivity contribution in [3.8, 4) is 0 Å². The number of thioether (sulfide) groups is 1. The summed E-state index contributed by atoms with van der Waals surface area (Å²) in [5.74, 6) is -0.189. The average molecular weight is 198 g/mol. The van der Waals surface area contributed by atoms with Crippen molar-refractivity contribution in [2.75, 3.05) is 13.4 Å². The van der Waals surface area contributed by atoms with Gasteiger partial charge in [0.25, 0.3) is 0 Å². The molecule has 0 bridgehead atoms. The number of rotatable bonds is 2. The van der Waals surface area contributed by atoms with Crippen molar-refractivity contribution in [3.63, 3.8) is 0 Å². The van der Waals surface area contributed by atoms with Crippen molar-refractivity contribution in [1.82, 2.24) is 0 Å². The standard InChI is InChI=1S/C9H10O3S/c1-5-4-6(10)9(13-3)8(12-2)7(5)11/h4H,1-3H3. The van der Waals surface area contributed by atoms with Gasteiger partial charge in [0.15, 0.2) is 11.5 Å². The van der Waals surface area contributed by atoms with Gasteiger partial charge in [-0.25, -0.2) is 0 Å². The Labute approximate surface area is 80.8 Å². The zero-order chi connectivity index (χ0) is 10.0. The number of allylic oxidation sites excluding steroid dienone is 3. The third-order valence-electron chi connectivity index (χ3n) is 1.75. The highest BCUT2D eigenvalue weighted by Gasteiger charge is 2.26. The van der Waals surface area contributed by atoms with Gasteiger partial charge in [0.2, 0.25) is 5.78 Å². The van der Waals surface area contributed by atoms with E-state index in [1.165, 1.54) is 24.9 Å². The highest BCUT2D eigenvalue weighted by Crippen LogP contribution is 2.26. The molecule has 1 aliphatic carbocycles. The van der Waals surface area contributed by atoms with Gasteiger partial charge in [-0.2, -0.15) is 0 Å². The molecule has 0 saturated carbocycles. The van der Waals surface area contributed by atoms with Gasteiger partial charge in [-0.15, -0.1) is 11.8 Å². The number of ether oxygens (including phenoxy) is 1. The van der Waals surface area contributed by atoms with E-state index < -0.39 is 0 Å². The molecule has 0 aliphatic heterocycles. The lowest BCUT2D eigenvalue weighted by Gasteiger charge is -2.13. The van der Waals surface area contributed by atoms with Gasteiger partial charge >= 0.3 is 0 Å². The zero-order valence-corrected chi connectivity index (χ0v) is 8.53. The summed E-state index contributed by atoms with van der Waals surface area (Å²) in [5, 5.41) is 0. The molecule has 13 heavy (non-hydrogen) atoms. The molecule has 0 saturated heterocycles. The quantitative estimate of drug-likeness (QED) is 0.627. The second-order valence-electron chi connectivity index (χ2n) is 2.59. The van der Waals surface area contributed by atoms with Crippen molar-refractivity contribution in [2.45, 2.75) is 6.92 Å². The van der Waals surface area contributed by atoms with E-state index >= 15 is 0 Å². The molecule has 0 aromatic rings. The summed E-state index contributed by atoms with van der Waals surface area (Å²) in [6.45, 7) is 1.61. The largest absolute Gasteiger partial charge is 0.491 e. The Bertz CT molecular complexity index is 326. The highest BCUT2D eigenvalue weighted by atomic mass is 32.2. The Hall–Kier alpha value is -1.03. The van der Waals surface area contributed by atoms with Crippen molar-refractivity contribution in [2.24, 2.45) is 0 Å². The van der Waals surface area contributed by atoms with Crippen LogP contribution >= 0.6 is 11.8 Å². The van der Waals surface area contributed by atoms with E-state index in [0.717, 1.165) is 0 Å². The zero-order valence-electron chi connectivity index (χ0n) is 7.71. The first-order valence-corrected chi connectivity index (χ1v) is 4.94. The first-order valence-electron chi connectivity index (χ1n) is 3.71. The fraction of sp³-hybridized carbons (Fsp3) is 0.333. The molecule has 0 unspecified atom stereocenters. The number of carbonyl (C=O) groups excluding carboxylic acids is 2. The topological polar surface area (TPSA) is 43.4 Å². The van der Waals surface area contributed by atoms with Crippen LogP contribution in [0.5, 0.6) is 0 Å². The van der Waals surface area contributed by atoms with Gasteiger partial charge in [0.1, 0.15) is 4.91 Å². The summed E-state index contributed by atoms with van der Waals surface area (Å²) in [6, 6.07) is 0. The van der Waals surface area contributed by atoms with Crippen LogP contribution in [0.4, 0.5) is 0 Å². The maximum Gasteiger partial charge on any atom is 0.224 e. The lowest BCUT2D eigenvalue weighted by molar-refractivity contribution is -0.117. The second kappa shape index (κ2) is 3.79. The number of ketones is 2. The maximum absolute atomic E-state index is 11.5. The molecule has 0 N–H and O–H groups in total. The molecule has 1 rings (SSSR count). The third kappa shape index (κ3) is 1.67. The number of Topliss-reactive ketones (excluding diaryl/α,β-unsaturated/α-hetero) is 1. The third-order valence-corrected chi connectivity index (χ3v) is 2.55. The molecule has 0 aromatic heterocycles. The summed E-state index contributed by atoms with van der Waals surface area (Å²) in [7, 11) is 1.40. The average Bonchev–Trinajstić information content (AvgIpc) is 2.10. The minimum atomic E-state index is -0.202. The molecule has 0 radical (unpaired) electrons. The maximum atomic E-state index is 11.5. The molecule has 70 valence electrons. The van der Waals surface area contributed by atoms with E-state index in [1.54, 1.807) is 13.2 Å². The Morgan fingerprint density at radius 3 is 2.46 bits per heavy atom. The molecule has 1 aliphatic rings. The van der Waals surface area contributed by atoms with Crippen molar-refractivity contribution in [1.29, 1.82) is 0 Å². The summed E-state index contributed by atoms with van der Waals surface area (Å²) in [4.78, 5) is 23.2. The summed E-state index contributed by atoms with van der Waals surface area (Å²) in [6.07, 6.45) is 3.09. The highest BCUT2D eigenvalue weighted by molar-refractivity contribution is 8.03. The molecular weight excluding hydrogens is 188 g/mol. The van der Waals surface area contributed by atoms with Gasteiger partial charge in [-0.05, 0) is 19.3 Å². The van der Waals surface area contributed by atoms with E-state index in [1.807, 2.05) is 0 Å². The Kier molecular flexibility index (Phi) is 2.93. The molecule has 0 fully saturated rings. The van der Waals surface area contributed by atoms with Crippen molar-refractivity contribution in [3.05, 3.63) is 22.3 Å². The molecular formula is C9H10O3S. The van der Waals surface area contributed by atoms with Gasteiger partial charge in [0.05, 0.1) is 7.11 Å². The molecule has 4 heteroatoms. The van der Waals surface area contributed by atoms with Crippen LogP contribution in [0.1, 0.15) is 6.92 Å². The van der Waals surface area contributed by atoms with Crippen LogP contribution in [0.15, 0.2) is 22.3 Å². The fourth-order valence-electron chi connectivity index (χ4n) is 1.10. The Morgan fingerprint density at radius 2 is 2.00 bits per heavy atom. The van der Waals surface area contributed by atoms with E-state index in [-0.39, 0.29) is 17.3 Å². The smallest absolute Gasteiger partial charge is 0.224 e. The van der Waals surface area contributed by atoms with Crippen LogP contribution in [-0.2, 0) is 14.3 Å². The normalized spacial score (nSPS) is 17.6. The van der Waals surface area contributed by atoms with Gasteiger partial charge < -0.3 is 4.74 Å². The molecule has 0 amide bonds. The van der Waals surface area contributed by atoms with Gasteiger partial charge in [-0.1, -0.05) is 0 Å². The number of methoxy groups -OCH3 is 1. The minimum absolute atomic E-state index is 0.151. The molecule has 0 aromatic carbocycles. The number of hydrogen-bond acceptors (Lipinski definition) is 4. The Balaban J connectivity index is 3.19. The fourth-order valence-corrected chi connectivity index (χ4v) is 1.72. The second-order valence-corrected chi connectivity index (χ2v) is 3.40. The molecule has 0 heterocycles. The minimum Gasteiger partial charge on any atom is -0.491 e. The predicted octanol–water partition coefficient (Wildman–Crippen LogP) is 1.31. The van der Waals surface area contributed by atoms with E-state index in [2.05, 4.69) is 0 Å². The SMILES string of the molecule is COC1=C(SC)C(=O)C=C(C)C1=O. The van der Waals surface area contributed by atoms with Crippen LogP contribution in [0, 0.1) is 0 Å². The number of carbonyl (C=O) groups is 2. The lowest BCUT2D eigenvalue weighted by atomic mass is 10.0. The van der Waals surface area contributed by atoms with Gasteiger partial charge in [0, 0.05) is 5.57 Å². The summed E-state index contributed by atoms with van der Waals surface area (Å²) in [5.41, 5.74) is 0.430. The molecule has 3 nitrogen and oxygen atoms in total. The first-order chi connectivity index (χ1) is 6.11. The van der Waals surface area contributed by atoms with Crippen LogP contribution < -0.4 is 0 Å². The van der Waals surface area contributed by atoms with Crippen molar-refractivity contribution < 1.29 is 14.3 Å². The molecule has 0 atom stereocenters. The van der Waals surface area contributed by atoms with Crippen LogP contribution in [0.2, 0.25) is 0 Å². The summed E-state index contributed by atoms with van der Waals surface area (Å²) < 4.78 is 4.90. The van der Waals surface area contributed by atoms with Crippen LogP contribution in [0.3, 0.4) is 0 Å². The van der Waals surface area contributed by atoms with E-state index in [4.69, 9.17) is 4.74 Å². The van der Waals surface area contributed by atoms with E-state index in [0.29, 0.717) is 10.5 Å². The monoisotopic (exact) mass is 198 g/mol. The van der Waals surface area contributed by atoms with Gasteiger partial charge in [-0.3, -0.25) is 9.59 Å². The predicted molar refractivity (Wildman–Crippen MR) is 51.3 cm³/mol. The number of hydrogen-bond donors (Lipinski definition) is 0. The Morgan fingerprint density at radius 1 is 1.38 bits per heavy atom. The lowest BCUT2D eigenvalue weighted by Crippen LogP contribution is -2.17. The summed E-state index contributed by atoms with van der Waals surface area (Å²) >= 11 is 1.23. The van der Waals surface area contributed by atoms with E-state index in [9.17, 15) is 9.59 Å². The van der Waals surface area contributed by atoms with Crippen LogP contribution in [0.25, 0.3) is 0 Å². The van der Waals surface area contributed by atoms with Crippen LogP contribution in [-0.4, -0.2) is 24.9 Å². The molecule has 0 spiro atoms. The first kappa shape index (κ1) is 10.1.